The van der Waals surface area contributed by atoms with Crippen LogP contribution in [0.25, 0.3) is 0 Å². The molecular formula is C25H28F2N4O3. The molecule has 0 saturated carbocycles. The van der Waals surface area contributed by atoms with Crippen LogP contribution in [0.15, 0.2) is 48.7 Å². The molecule has 9 heteroatoms. The lowest BCUT2D eigenvalue weighted by Crippen LogP contribution is -2.33. The van der Waals surface area contributed by atoms with Crippen molar-refractivity contribution in [2.24, 2.45) is 0 Å². The highest BCUT2D eigenvalue weighted by atomic mass is 19.3. The monoisotopic (exact) mass is 470 g/mol. The quantitative estimate of drug-likeness (QED) is 0.505. The van der Waals surface area contributed by atoms with Crippen molar-refractivity contribution >= 4 is 11.7 Å². The molecule has 0 aliphatic carbocycles. The van der Waals surface area contributed by atoms with Gasteiger partial charge in [0.25, 0.3) is 12.3 Å². The Hall–Kier alpha value is -3.62. The van der Waals surface area contributed by atoms with Crippen LogP contribution in [-0.4, -0.2) is 42.9 Å². The number of benzene rings is 2. The molecule has 1 aliphatic rings. The van der Waals surface area contributed by atoms with E-state index in [-0.39, 0.29) is 23.9 Å². The molecule has 2 aromatic carbocycles. The summed E-state index contributed by atoms with van der Waals surface area (Å²) in [6.07, 6.45) is -0.513. The maximum absolute atomic E-state index is 13.9. The van der Waals surface area contributed by atoms with Gasteiger partial charge in [-0.05, 0) is 43.0 Å². The predicted octanol–water partition coefficient (Wildman–Crippen LogP) is 4.54. The second kappa shape index (κ2) is 10.1. The molecule has 0 radical (unpaired) electrons. The standard InChI is InChI=1S/C25H28F2N4O3/c1-15-4-7-17(8-5-15)19-13-20(23(26)27)31-24(30-19)18(14-29-31)25(32)28-11-10-16-6-9-21(33-2)22(12-16)34-3/h4-9,12,14,19-20,23,30H,10-11,13H2,1-3H3,(H,28,32)/t19-,20-/m0/s1. The van der Waals surface area contributed by atoms with Gasteiger partial charge in [-0.1, -0.05) is 35.9 Å². The fourth-order valence-electron chi connectivity index (χ4n) is 4.17. The minimum atomic E-state index is -2.60. The van der Waals surface area contributed by atoms with Gasteiger partial charge in [0.05, 0.1) is 26.5 Å². The average molecular weight is 471 g/mol. The molecule has 1 aliphatic heterocycles. The number of aryl methyl sites for hydroxylation is 1. The fourth-order valence-corrected chi connectivity index (χ4v) is 4.17. The molecule has 2 atom stereocenters. The van der Waals surface area contributed by atoms with Crippen LogP contribution in [0.5, 0.6) is 11.5 Å². The maximum atomic E-state index is 13.9. The van der Waals surface area contributed by atoms with Gasteiger partial charge in [0, 0.05) is 6.54 Å². The minimum absolute atomic E-state index is 0.176. The van der Waals surface area contributed by atoms with E-state index in [0.717, 1.165) is 16.7 Å². The Morgan fingerprint density at radius 1 is 1.18 bits per heavy atom. The van der Waals surface area contributed by atoms with Gasteiger partial charge in [-0.2, -0.15) is 5.10 Å². The number of aromatic nitrogens is 2. The van der Waals surface area contributed by atoms with Gasteiger partial charge in [0.15, 0.2) is 11.5 Å². The molecule has 0 bridgehead atoms. The summed E-state index contributed by atoms with van der Waals surface area (Å²) in [6, 6.07) is 11.8. The summed E-state index contributed by atoms with van der Waals surface area (Å²) < 4.78 is 39.5. The smallest absolute Gasteiger partial charge is 0.260 e. The first-order valence-corrected chi connectivity index (χ1v) is 11.1. The van der Waals surface area contributed by atoms with E-state index in [0.29, 0.717) is 30.3 Å². The van der Waals surface area contributed by atoms with E-state index in [9.17, 15) is 13.6 Å². The third kappa shape index (κ3) is 4.83. The maximum Gasteiger partial charge on any atom is 0.260 e. The summed E-state index contributed by atoms with van der Waals surface area (Å²) in [6.45, 7) is 2.33. The third-order valence-corrected chi connectivity index (χ3v) is 6.06. The van der Waals surface area contributed by atoms with E-state index in [2.05, 4.69) is 15.7 Å². The van der Waals surface area contributed by atoms with Gasteiger partial charge >= 0.3 is 0 Å². The summed E-state index contributed by atoms with van der Waals surface area (Å²) >= 11 is 0. The number of rotatable bonds is 8. The number of hydrogen-bond donors (Lipinski definition) is 2. The van der Waals surface area contributed by atoms with Gasteiger partial charge in [0.2, 0.25) is 0 Å². The second-order valence-corrected chi connectivity index (χ2v) is 8.29. The Bertz CT molecular complexity index is 1150. The van der Waals surface area contributed by atoms with Crippen molar-refractivity contribution < 1.29 is 23.0 Å². The van der Waals surface area contributed by atoms with Crippen molar-refractivity contribution in [3.63, 3.8) is 0 Å². The molecule has 3 aromatic rings. The Morgan fingerprint density at radius 2 is 1.91 bits per heavy atom. The first-order chi connectivity index (χ1) is 16.4. The Labute approximate surface area is 197 Å². The number of nitrogens with zero attached hydrogens (tertiary/aromatic N) is 2. The molecule has 0 unspecified atom stereocenters. The highest BCUT2D eigenvalue weighted by Crippen LogP contribution is 2.39. The zero-order chi connectivity index (χ0) is 24.2. The van der Waals surface area contributed by atoms with E-state index < -0.39 is 12.5 Å². The van der Waals surface area contributed by atoms with Crippen LogP contribution in [-0.2, 0) is 6.42 Å². The van der Waals surface area contributed by atoms with Gasteiger partial charge in [0.1, 0.15) is 17.4 Å². The van der Waals surface area contributed by atoms with Gasteiger partial charge in [-0.3, -0.25) is 4.79 Å². The van der Waals surface area contributed by atoms with Crippen molar-refractivity contribution in [2.75, 3.05) is 26.1 Å². The highest BCUT2D eigenvalue weighted by Gasteiger charge is 2.36. The molecule has 2 heterocycles. The van der Waals surface area contributed by atoms with Crippen molar-refractivity contribution in [3.8, 4) is 11.5 Å². The van der Waals surface area contributed by atoms with E-state index >= 15 is 0 Å². The average Bonchev–Trinajstić information content (AvgIpc) is 3.27. The lowest BCUT2D eigenvalue weighted by molar-refractivity contribution is 0.0656. The molecule has 180 valence electrons. The summed E-state index contributed by atoms with van der Waals surface area (Å²) in [5.41, 5.74) is 3.19. The van der Waals surface area contributed by atoms with E-state index in [1.807, 2.05) is 49.4 Å². The van der Waals surface area contributed by atoms with Crippen LogP contribution in [0.2, 0.25) is 0 Å². The lowest BCUT2D eigenvalue weighted by atomic mass is 9.96. The number of anilines is 1. The molecule has 0 spiro atoms. The molecule has 34 heavy (non-hydrogen) atoms. The van der Waals surface area contributed by atoms with E-state index in [1.54, 1.807) is 14.2 Å². The largest absolute Gasteiger partial charge is 0.493 e. The van der Waals surface area contributed by atoms with Crippen molar-refractivity contribution in [1.29, 1.82) is 0 Å². The molecule has 1 amide bonds. The van der Waals surface area contributed by atoms with E-state index in [4.69, 9.17) is 9.47 Å². The van der Waals surface area contributed by atoms with Crippen molar-refractivity contribution in [1.82, 2.24) is 15.1 Å². The first-order valence-electron chi connectivity index (χ1n) is 11.1. The summed E-state index contributed by atoms with van der Waals surface area (Å²) in [5.74, 6) is 1.18. The molecular weight excluding hydrogens is 442 g/mol. The van der Waals surface area contributed by atoms with Crippen LogP contribution in [0.1, 0.15) is 45.6 Å². The molecule has 7 nitrogen and oxygen atoms in total. The molecule has 2 N–H and O–H groups in total. The van der Waals surface area contributed by atoms with Crippen LogP contribution in [0.4, 0.5) is 14.6 Å². The normalized spacial score (nSPS) is 17.1. The van der Waals surface area contributed by atoms with Crippen molar-refractivity contribution in [2.45, 2.75) is 38.3 Å². The summed E-state index contributed by atoms with van der Waals surface area (Å²) in [7, 11) is 3.14. The lowest BCUT2D eigenvalue weighted by Gasteiger charge is -2.32. The van der Waals surface area contributed by atoms with Gasteiger partial charge in [-0.25, -0.2) is 13.5 Å². The number of halogens is 2. The number of carbonyl (C=O) groups is 1. The van der Waals surface area contributed by atoms with Crippen molar-refractivity contribution in [3.05, 3.63) is 70.9 Å². The van der Waals surface area contributed by atoms with Gasteiger partial charge in [-0.15, -0.1) is 0 Å². The Balaban J connectivity index is 1.48. The zero-order valence-electron chi connectivity index (χ0n) is 19.3. The van der Waals surface area contributed by atoms with Crippen LogP contribution in [0.3, 0.4) is 0 Å². The second-order valence-electron chi connectivity index (χ2n) is 8.29. The highest BCUT2D eigenvalue weighted by molar-refractivity contribution is 5.98. The summed E-state index contributed by atoms with van der Waals surface area (Å²) in [4.78, 5) is 12.9. The predicted molar refractivity (Wildman–Crippen MR) is 125 cm³/mol. The third-order valence-electron chi connectivity index (χ3n) is 6.06. The summed E-state index contributed by atoms with van der Waals surface area (Å²) in [5, 5.41) is 10.2. The SMILES string of the molecule is COc1ccc(CCNC(=O)c2cnn3c2N[C@H](c2ccc(C)cc2)C[C@H]3C(F)F)cc1OC. The number of amides is 1. The number of methoxy groups -OCH3 is 2. The van der Waals surface area contributed by atoms with E-state index in [1.165, 1.54) is 10.9 Å². The zero-order valence-corrected chi connectivity index (χ0v) is 19.3. The van der Waals surface area contributed by atoms with Crippen LogP contribution in [0, 0.1) is 6.92 Å². The number of ether oxygens (including phenoxy) is 2. The number of nitrogens with one attached hydrogen (secondary N) is 2. The molecule has 0 saturated heterocycles. The molecule has 0 fully saturated rings. The van der Waals surface area contributed by atoms with Crippen LogP contribution >= 0.6 is 0 Å². The Kier molecular flexibility index (Phi) is 7.00. The van der Waals surface area contributed by atoms with Gasteiger partial charge < -0.3 is 20.1 Å². The molecule has 4 rings (SSSR count). The number of fused-ring (bicyclic) bond motifs is 1. The number of carbonyl (C=O) groups excluding carboxylic acids is 1. The topological polar surface area (TPSA) is 77.4 Å². The number of alkyl halides is 2. The fraction of sp³-hybridized carbons (Fsp3) is 0.360. The van der Waals surface area contributed by atoms with Crippen LogP contribution < -0.4 is 20.1 Å². The molecule has 1 aromatic heterocycles. The number of hydrogen-bond acceptors (Lipinski definition) is 5. The Morgan fingerprint density at radius 3 is 2.59 bits per heavy atom. The minimum Gasteiger partial charge on any atom is -0.493 e. The first kappa shape index (κ1) is 23.5.